The van der Waals surface area contributed by atoms with Gasteiger partial charge in [0.25, 0.3) is 0 Å². The predicted molar refractivity (Wildman–Crippen MR) is 83.7 cm³/mol. The molecule has 0 fully saturated rings. The summed E-state index contributed by atoms with van der Waals surface area (Å²) in [5.74, 6) is 0.563. The predicted octanol–water partition coefficient (Wildman–Crippen LogP) is 4.98. The SMILES string of the molecule is COc1ccc2c(c1)CCCC2Nc1ccc(F)cc1Cl. The molecule has 1 unspecified atom stereocenters. The minimum Gasteiger partial charge on any atom is -0.497 e. The maximum Gasteiger partial charge on any atom is 0.124 e. The number of halogens is 2. The van der Waals surface area contributed by atoms with Crippen LogP contribution in [0.25, 0.3) is 0 Å². The Morgan fingerprint density at radius 2 is 2.10 bits per heavy atom. The largest absolute Gasteiger partial charge is 0.497 e. The van der Waals surface area contributed by atoms with Crippen molar-refractivity contribution in [1.82, 2.24) is 0 Å². The number of anilines is 1. The molecule has 2 nitrogen and oxygen atoms in total. The second-order valence-corrected chi connectivity index (χ2v) is 5.69. The first-order chi connectivity index (χ1) is 10.2. The van der Waals surface area contributed by atoms with E-state index < -0.39 is 0 Å². The topological polar surface area (TPSA) is 21.3 Å². The van der Waals surface area contributed by atoms with Gasteiger partial charge in [-0.05, 0) is 60.7 Å². The Morgan fingerprint density at radius 3 is 2.86 bits per heavy atom. The lowest BCUT2D eigenvalue weighted by atomic mass is 9.87. The van der Waals surface area contributed by atoms with Crippen LogP contribution < -0.4 is 10.1 Å². The van der Waals surface area contributed by atoms with Crippen molar-refractivity contribution in [2.45, 2.75) is 25.3 Å². The second-order valence-electron chi connectivity index (χ2n) is 5.28. The molecule has 2 aromatic rings. The summed E-state index contributed by atoms with van der Waals surface area (Å²) >= 11 is 6.10. The van der Waals surface area contributed by atoms with E-state index in [1.54, 1.807) is 13.2 Å². The Balaban J connectivity index is 1.88. The molecule has 1 N–H and O–H groups in total. The highest BCUT2D eigenvalue weighted by atomic mass is 35.5. The van der Waals surface area contributed by atoms with E-state index in [0.29, 0.717) is 5.02 Å². The van der Waals surface area contributed by atoms with Gasteiger partial charge in [-0.15, -0.1) is 0 Å². The van der Waals surface area contributed by atoms with Crippen molar-refractivity contribution in [3.05, 3.63) is 58.4 Å². The van der Waals surface area contributed by atoms with Gasteiger partial charge in [-0.3, -0.25) is 0 Å². The van der Waals surface area contributed by atoms with Crippen molar-refractivity contribution < 1.29 is 9.13 Å². The quantitative estimate of drug-likeness (QED) is 0.863. The summed E-state index contributed by atoms with van der Waals surface area (Å²) in [6, 6.07) is 10.8. The lowest BCUT2D eigenvalue weighted by Crippen LogP contribution is -2.17. The molecule has 0 bridgehead atoms. The molecule has 1 aliphatic rings. The molecule has 0 amide bonds. The summed E-state index contributed by atoms with van der Waals surface area (Å²) in [5, 5.41) is 3.84. The second kappa shape index (κ2) is 5.94. The van der Waals surface area contributed by atoms with E-state index >= 15 is 0 Å². The van der Waals surface area contributed by atoms with E-state index in [2.05, 4.69) is 17.4 Å². The van der Waals surface area contributed by atoms with Crippen molar-refractivity contribution in [1.29, 1.82) is 0 Å². The van der Waals surface area contributed by atoms with Gasteiger partial charge in [-0.25, -0.2) is 4.39 Å². The van der Waals surface area contributed by atoms with Crippen LogP contribution in [0, 0.1) is 5.82 Å². The molecule has 110 valence electrons. The number of aryl methyl sites for hydroxylation is 1. The smallest absolute Gasteiger partial charge is 0.124 e. The van der Waals surface area contributed by atoms with E-state index in [-0.39, 0.29) is 11.9 Å². The maximum atomic E-state index is 13.1. The average molecular weight is 306 g/mol. The van der Waals surface area contributed by atoms with Crippen LogP contribution in [-0.2, 0) is 6.42 Å². The Labute approximate surface area is 128 Å². The molecular weight excluding hydrogens is 289 g/mol. The van der Waals surface area contributed by atoms with Gasteiger partial charge in [0.2, 0.25) is 0 Å². The number of benzene rings is 2. The molecule has 0 heterocycles. The lowest BCUT2D eigenvalue weighted by Gasteiger charge is -2.28. The first-order valence-corrected chi connectivity index (χ1v) is 7.43. The molecule has 1 aliphatic carbocycles. The first-order valence-electron chi connectivity index (χ1n) is 7.06. The van der Waals surface area contributed by atoms with Crippen LogP contribution in [0.5, 0.6) is 5.75 Å². The summed E-state index contributed by atoms with van der Waals surface area (Å²) < 4.78 is 18.4. The molecule has 0 spiro atoms. The van der Waals surface area contributed by atoms with E-state index in [1.165, 1.54) is 23.3 Å². The molecule has 0 saturated carbocycles. The van der Waals surface area contributed by atoms with Crippen LogP contribution in [0.2, 0.25) is 5.02 Å². The molecular formula is C17H17ClFNO. The van der Waals surface area contributed by atoms with Crippen LogP contribution in [0.3, 0.4) is 0 Å². The van der Waals surface area contributed by atoms with Crippen molar-refractivity contribution >= 4 is 17.3 Å². The highest BCUT2D eigenvalue weighted by molar-refractivity contribution is 6.33. The monoisotopic (exact) mass is 305 g/mol. The zero-order valence-corrected chi connectivity index (χ0v) is 12.6. The third-order valence-corrected chi connectivity index (χ3v) is 4.24. The minimum absolute atomic E-state index is 0.197. The first kappa shape index (κ1) is 14.2. The van der Waals surface area contributed by atoms with Gasteiger partial charge in [-0.1, -0.05) is 17.7 Å². The molecule has 0 saturated heterocycles. The van der Waals surface area contributed by atoms with E-state index in [4.69, 9.17) is 16.3 Å². The van der Waals surface area contributed by atoms with Gasteiger partial charge in [0.05, 0.1) is 23.9 Å². The molecule has 1 atom stereocenters. The summed E-state index contributed by atoms with van der Waals surface area (Å²) in [5.41, 5.74) is 3.34. The maximum absolute atomic E-state index is 13.1. The fourth-order valence-corrected chi connectivity index (χ4v) is 3.08. The van der Waals surface area contributed by atoms with Crippen LogP contribution in [0.15, 0.2) is 36.4 Å². The number of methoxy groups -OCH3 is 1. The molecule has 0 aliphatic heterocycles. The van der Waals surface area contributed by atoms with E-state index in [9.17, 15) is 4.39 Å². The minimum atomic E-state index is -0.320. The van der Waals surface area contributed by atoms with E-state index in [0.717, 1.165) is 30.7 Å². The molecule has 0 aromatic heterocycles. The van der Waals surface area contributed by atoms with Crippen molar-refractivity contribution in [3.8, 4) is 5.75 Å². The summed E-state index contributed by atoms with van der Waals surface area (Å²) in [7, 11) is 1.68. The van der Waals surface area contributed by atoms with Gasteiger partial charge in [0.15, 0.2) is 0 Å². The molecule has 2 aromatic carbocycles. The normalized spacial score (nSPS) is 17.2. The summed E-state index contributed by atoms with van der Waals surface area (Å²) in [4.78, 5) is 0. The fraction of sp³-hybridized carbons (Fsp3) is 0.294. The Kier molecular flexibility index (Phi) is 4.02. The van der Waals surface area contributed by atoms with Gasteiger partial charge >= 0.3 is 0 Å². The van der Waals surface area contributed by atoms with Crippen LogP contribution >= 0.6 is 11.6 Å². The highest BCUT2D eigenvalue weighted by Gasteiger charge is 2.21. The highest BCUT2D eigenvalue weighted by Crippen LogP contribution is 2.36. The third kappa shape index (κ3) is 2.98. The average Bonchev–Trinajstić information content (AvgIpc) is 2.49. The Hall–Kier alpha value is -1.74. The van der Waals surface area contributed by atoms with Gasteiger partial charge in [0.1, 0.15) is 11.6 Å². The number of rotatable bonds is 3. The third-order valence-electron chi connectivity index (χ3n) is 3.93. The number of hydrogen-bond acceptors (Lipinski definition) is 2. The van der Waals surface area contributed by atoms with Crippen LogP contribution in [0.1, 0.15) is 30.0 Å². The van der Waals surface area contributed by atoms with Gasteiger partial charge in [0, 0.05) is 0 Å². The molecule has 21 heavy (non-hydrogen) atoms. The van der Waals surface area contributed by atoms with Gasteiger partial charge < -0.3 is 10.1 Å². The van der Waals surface area contributed by atoms with Crippen molar-refractivity contribution in [3.63, 3.8) is 0 Å². The molecule has 4 heteroatoms. The lowest BCUT2D eigenvalue weighted by molar-refractivity contribution is 0.413. The Bertz CT molecular complexity index is 659. The number of fused-ring (bicyclic) bond motifs is 1. The fourth-order valence-electron chi connectivity index (χ4n) is 2.86. The number of nitrogens with one attached hydrogen (secondary N) is 1. The standard InChI is InChI=1S/C17H17ClFNO/c1-21-13-6-7-14-11(9-13)3-2-4-16(14)20-17-8-5-12(19)10-15(17)18/h5-10,16,20H,2-4H2,1H3. The number of hydrogen-bond donors (Lipinski definition) is 1. The Morgan fingerprint density at radius 1 is 1.24 bits per heavy atom. The van der Waals surface area contributed by atoms with E-state index in [1.807, 2.05) is 6.07 Å². The van der Waals surface area contributed by atoms with Crippen molar-refractivity contribution in [2.75, 3.05) is 12.4 Å². The van der Waals surface area contributed by atoms with Crippen LogP contribution in [0.4, 0.5) is 10.1 Å². The van der Waals surface area contributed by atoms with Crippen molar-refractivity contribution in [2.24, 2.45) is 0 Å². The summed E-state index contributed by atoms with van der Waals surface area (Å²) in [6.45, 7) is 0. The zero-order valence-electron chi connectivity index (χ0n) is 11.8. The molecule has 3 rings (SSSR count). The van der Waals surface area contributed by atoms with Crippen LogP contribution in [-0.4, -0.2) is 7.11 Å². The number of ether oxygens (including phenoxy) is 1. The van der Waals surface area contributed by atoms with Gasteiger partial charge in [-0.2, -0.15) is 0 Å². The zero-order chi connectivity index (χ0) is 14.8. The molecule has 0 radical (unpaired) electrons. The summed E-state index contributed by atoms with van der Waals surface area (Å²) in [6.07, 6.45) is 3.20.